The van der Waals surface area contributed by atoms with E-state index in [1.54, 1.807) is 18.7 Å². The molecule has 5 unspecified atom stereocenters. The summed E-state index contributed by atoms with van der Waals surface area (Å²) in [6.07, 6.45) is -0.683. The number of hydrogen-bond acceptors (Lipinski definition) is 6. The highest BCUT2D eigenvalue weighted by Gasteiger charge is 2.48. The van der Waals surface area contributed by atoms with E-state index < -0.39 is 42.0 Å². The van der Waals surface area contributed by atoms with Crippen molar-refractivity contribution in [3.8, 4) is 0 Å². The summed E-state index contributed by atoms with van der Waals surface area (Å²) < 4.78 is 16.8. The zero-order valence-corrected chi connectivity index (χ0v) is 19.7. The third kappa shape index (κ3) is 4.90. The van der Waals surface area contributed by atoms with Crippen molar-refractivity contribution in [2.75, 3.05) is 13.7 Å². The number of methoxy groups -OCH3 is 1. The Morgan fingerprint density at radius 2 is 1.84 bits per heavy atom. The molecule has 32 heavy (non-hydrogen) atoms. The summed E-state index contributed by atoms with van der Waals surface area (Å²) in [5.41, 5.74) is 0.224. The molecule has 0 spiro atoms. The van der Waals surface area contributed by atoms with Gasteiger partial charge in [0.1, 0.15) is 11.7 Å². The molecule has 2 aliphatic heterocycles. The average Bonchev–Trinajstić information content (AvgIpc) is 3.32. The minimum absolute atomic E-state index is 0.312. The van der Waals surface area contributed by atoms with Gasteiger partial charge in [0.15, 0.2) is 0 Å². The van der Waals surface area contributed by atoms with Crippen molar-refractivity contribution in [1.82, 2.24) is 9.80 Å². The van der Waals surface area contributed by atoms with Gasteiger partial charge in [0, 0.05) is 13.7 Å². The third-order valence-electron chi connectivity index (χ3n) is 6.10. The van der Waals surface area contributed by atoms with Crippen LogP contribution in [-0.2, 0) is 19.0 Å². The van der Waals surface area contributed by atoms with Gasteiger partial charge in [-0.2, -0.15) is 0 Å². The van der Waals surface area contributed by atoms with Crippen molar-refractivity contribution < 1.29 is 28.6 Å². The number of benzene rings is 1. The molecule has 2 saturated heterocycles. The van der Waals surface area contributed by atoms with Crippen molar-refractivity contribution in [1.29, 1.82) is 0 Å². The standard InChI is InChI=1S/C24H34N2O6/c1-15(19(30-6)18-13-10-14-25(18)22(28)32-24(3,4)5)21(27)26-16(2)20(31-23(26)29)17-11-8-7-9-12-17/h7-9,11-12,15-16,18-20H,10,13-14H2,1-6H3. The topological polar surface area (TPSA) is 85.4 Å². The number of amides is 3. The molecule has 8 heteroatoms. The predicted octanol–water partition coefficient (Wildman–Crippen LogP) is 4.15. The molecule has 0 N–H and O–H groups in total. The first-order valence-electron chi connectivity index (χ1n) is 11.2. The molecule has 3 rings (SSSR count). The number of ether oxygens (including phenoxy) is 3. The fourth-order valence-corrected chi connectivity index (χ4v) is 4.58. The predicted molar refractivity (Wildman–Crippen MR) is 118 cm³/mol. The highest BCUT2D eigenvalue weighted by molar-refractivity contribution is 5.95. The van der Waals surface area contributed by atoms with Gasteiger partial charge in [0.2, 0.25) is 5.91 Å². The molecule has 2 fully saturated rings. The summed E-state index contributed by atoms with van der Waals surface area (Å²) in [5.74, 6) is -1.03. The fraction of sp³-hybridized carbons (Fsp3) is 0.625. The Hall–Kier alpha value is -2.61. The van der Waals surface area contributed by atoms with Crippen molar-refractivity contribution in [3.63, 3.8) is 0 Å². The molecule has 0 aliphatic carbocycles. The van der Waals surface area contributed by atoms with Crippen LogP contribution in [0.3, 0.4) is 0 Å². The lowest BCUT2D eigenvalue weighted by Crippen LogP contribution is -2.52. The van der Waals surface area contributed by atoms with Crippen LogP contribution in [0.4, 0.5) is 9.59 Å². The van der Waals surface area contributed by atoms with Gasteiger partial charge >= 0.3 is 12.2 Å². The lowest BCUT2D eigenvalue weighted by molar-refractivity contribution is -0.139. The van der Waals surface area contributed by atoms with E-state index in [9.17, 15) is 14.4 Å². The number of likely N-dealkylation sites (tertiary alicyclic amines) is 1. The van der Waals surface area contributed by atoms with E-state index in [4.69, 9.17) is 14.2 Å². The lowest BCUT2D eigenvalue weighted by atomic mass is 9.93. The van der Waals surface area contributed by atoms with E-state index in [1.807, 2.05) is 51.1 Å². The fourth-order valence-electron chi connectivity index (χ4n) is 4.58. The first-order chi connectivity index (χ1) is 15.0. The number of hydrogen-bond donors (Lipinski definition) is 0. The molecular weight excluding hydrogens is 412 g/mol. The minimum atomic E-state index is -0.659. The van der Waals surface area contributed by atoms with Crippen LogP contribution in [0.2, 0.25) is 0 Å². The Morgan fingerprint density at radius 1 is 1.19 bits per heavy atom. The minimum Gasteiger partial charge on any atom is -0.444 e. The van der Waals surface area contributed by atoms with Crippen LogP contribution < -0.4 is 0 Å². The van der Waals surface area contributed by atoms with Gasteiger partial charge in [-0.3, -0.25) is 4.79 Å². The van der Waals surface area contributed by atoms with Crippen molar-refractivity contribution in [3.05, 3.63) is 35.9 Å². The lowest BCUT2D eigenvalue weighted by Gasteiger charge is -2.35. The van der Waals surface area contributed by atoms with E-state index >= 15 is 0 Å². The third-order valence-corrected chi connectivity index (χ3v) is 6.10. The van der Waals surface area contributed by atoms with Gasteiger partial charge in [-0.15, -0.1) is 0 Å². The summed E-state index contributed by atoms with van der Waals surface area (Å²) in [4.78, 5) is 41.6. The summed E-state index contributed by atoms with van der Waals surface area (Å²) in [6.45, 7) is 9.53. The van der Waals surface area contributed by atoms with Crippen LogP contribution in [0.5, 0.6) is 0 Å². The SMILES string of the molecule is COC(C(C)C(=O)N1C(=O)OC(c2ccccc2)C1C)C1CCCN1C(=O)OC(C)(C)C. The molecule has 2 heterocycles. The molecule has 1 aromatic carbocycles. The Morgan fingerprint density at radius 3 is 2.44 bits per heavy atom. The first kappa shape index (κ1) is 24.0. The summed E-state index contributed by atoms with van der Waals surface area (Å²) >= 11 is 0. The average molecular weight is 447 g/mol. The molecule has 5 atom stereocenters. The van der Waals surface area contributed by atoms with E-state index in [0.29, 0.717) is 13.0 Å². The second-order valence-electron chi connectivity index (χ2n) is 9.54. The Kier molecular flexibility index (Phi) is 7.12. The van der Waals surface area contributed by atoms with E-state index in [-0.39, 0.29) is 11.9 Å². The van der Waals surface area contributed by atoms with E-state index in [1.165, 1.54) is 12.0 Å². The van der Waals surface area contributed by atoms with Crippen LogP contribution in [0.1, 0.15) is 59.1 Å². The molecule has 0 bridgehead atoms. The maximum Gasteiger partial charge on any atom is 0.417 e. The maximum atomic E-state index is 13.4. The summed E-state index contributed by atoms with van der Waals surface area (Å²) in [6, 6.07) is 8.61. The van der Waals surface area contributed by atoms with Crippen molar-refractivity contribution in [2.45, 2.75) is 77.4 Å². The number of carbonyl (C=O) groups excluding carboxylic acids is 3. The molecule has 176 valence electrons. The molecule has 2 aliphatic rings. The zero-order valence-electron chi connectivity index (χ0n) is 19.7. The van der Waals surface area contributed by atoms with Crippen LogP contribution in [0.25, 0.3) is 0 Å². The number of carbonyl (C=O) groups is 3. The molecule has 0 saturated carbocycles. The van der Waals surface area contributed by atoms with Gasteiger partial charge in [0.05, 0.1) is 24.1 Å². The van der Waals surface area contributed by atoms with Crippen LogP contribution in [0, 0.1) is 5.92 Å². The van der Waals surface area contributed by atoms with Crippen molar-refractivity contribution >= 4 is 18.1 Å². The number of rotatable bonds is 5. The van der Waals surface area contributed by atoms with Crippen LogP contribution in [-0.4, -0.2) is 65.3 Å². The molecule has 3 amide bonds. The second kappa shape index (κ2) is 9.48. The summed E-state index contributed by atoms with van der Waals surface area (Å²) in [5, 5.41) is 0. The van der Waals surface area contributed by atoms with E-state index in [2.05, 4.69) is 0 Å². The highest BCUT2D eigenvalue weighted by atomic mass is 16.6. The van der Waals surface area contributed by atoms with Gasteiger partial charge < -0.3 is 19.1 Å². The van der Waals surface area contributed by atoms with Gasteiger partial charge in [-0.25, -0.2) is 14.5 Å². The van der Waals surface area contributed by atoms with Gasteiger partial charge in [0.25, 0.3) is 0 Å². The number of nitrogens with zero attached hydrogens (tertiary/aromatic N) is 2. The summed E-state index contributed by atoms with van der Waals surface area (Å²) in [7, 11) is 1.53. The monoisotopic (exact) mass is 446 g/mol. The molecular formula is C24H34N2O6. The van der Waals surface area contributed by atoms with Crippen LogP contribution >= 0.6 is 0 Å². The van der Waals surface area contributed by atoms with Crippen molar-refractivity contribution in [2.24, 2.45) is 5.92 Å². The second-order valence-corrected chi connectivity index (χ2v) is 9.54. The number of cyclic esters (lactones) is 1. The Labute approximate surface area is 189 Å². The Bertz CT molecular complexity index is 837. The molecule has 1 aromatic rings. The van der Waals surface area contributed by atoms with Gasteiger partial charge in [-0.05, 0) is 46.1 Å². The zero-order chi connectivity index (χ0) is 23.6. The number of imide groups is 1. The molecule has 0 aromatic heterocycles. The van der Waals surface area contributed by atoms with E-state index in [0.717, 1.165) is 12.0 Å². The maximum absolute atomic E-state index is 13.4. The van der Waals surface area contributed by atoms with Gasteiger partial charge in [-0.1, -0.05) is 37.3 Å². The molecule has 8 nitrogen and oxygen atoms in total. The largest absolute Gasteiger partial charge is 0.444 e. The van der Waals surface area contributed by atoms with Crippen LogP contribution in [0.15, 0.2) is 30.3 Å². The highest BCUT2D eigenvalue weighted by Crippen LogP contribution is 2.35. The smallest absolute Gasteiger partial charge is 0.417 e. The quantitative estimate of drug-likeness (QED) is 0.676. The Balaban J connectivity index is 1.76. The normalized spacial score (nSPS) is 25.4. The molecule has 0 radical (unpaired) electrons. The first-order valence-corrected chi connectivity index (χ1v) is 11.2.